The van der Waals surface area contributed by atoms with Gasteiger partial charge in [0.1, 0.15) is 0 Å². The molecule has 0 spiro atoms. The predicted octanol–water partition coefficient (Wildman–Crippen LogP) is 1.91. The van der Waals surface area contributed by atoms with Gasteiger partial charge in [-0.2, -0.15) is 8.42 Å². The fraction of sp³-hybridized carbons (Fsp3) is 0.333. The minimum Gasteiger partial charge on any atom is -0.264 e. The zero-order valence-electron chi connectivity index (χ0n) is 7.50. The molecule has 78 valence electrons. The first-order valence-corrected chi connectivity index (χ1v) is 5.61. The first kappa shape index (κ1) is 11.2. The van der Waals surface area contributed by atoms with Crippen molar-refractivity contribution in [2.24, 2.45) is 0 Å². The highest BCUT2D eigenvalue weighted by molar-refractivity contribution is 7.79. The second-order valence-corrected chi connectivity index (χ2v) is 4.03. The van der Waals surface area contributed by atoms with Crippen molar-refractivity contribution >= 4 is 10.4 Å². The van der Waals surface area contributed by atoms with E-state index in [1.807, 2.05) is 0 Å². The lowest BCUT2D eigenvalue weighted by atomic mass is 10.1. The van der Waals surface area contributed by atoms with Crippen LogP contribution in [0.5, 0.6) is 0 Å². The molecule has 1 aliphatic carbocycles. The standard InChI is InChI=1S/C9H10.H2O4S/c1-2-4-8(5-3-1)9-6-7-9;1-5(2,3)4/h1-5,9H,6-7H2;(H2,1,2,3,4). The molecule has 0 radical (unpaired) electrons. The summed E-state index contributed by atoms with van der Waals surface area (Å²) in [6, 6.07) is 10.8. The number of rotatable bonds is 1. The summed E-state index contributed by atoms with van der Waals surface area (Å²) in [5, 5.41) is 0. The van der Waals surface area contributed by atoms with E-state index in [1.54, 1.807) is 0 Å². The largest absolute Gasteiger partial charge is 0.394 e. The van der Waals surface area contributed by atoms with E-state index in [9.17, 15) is 0 Å². The van der Waals surface area contributed by atoms with Crippen LogP contribution in [0.2, 0.25) is 0 Å². The molecule has 5 heteroatoms. The van der Waals surface area contributed by atoms with E-state index in [1.165, 1.54) is 18.4 Å². The zero-order valence-corrected chi connectivity index (χ0v) is 8.31. The first-order valence-electron chi connectivity index (χ1n) is 4.21. The molecule has 1 aliphatic rings. The summed E-state index contributed by atoms with van der Waals surface area (Å²) in [4.78, 5) is 0. The summed E-state index contributed by atoms with van der Waals surface area (Å²) in [5.41, 5.74) is 1.53. The Balaban J connectivity index is 0.000000171. The number of hydrogen-bond acceptors (Lipinski definition) is 2. The van der Waals surface area contributed by atoms with Gasteiger partial charge in [0.2, 0.25) is 0 Å². The summed E-state index contributed by atoms with van der Waals surface area (Å²) in [6.07, 6.45) is 2.81. The van der Waals surface area contributed by atoms with Crippen molar-refractivity contribution in [1.29, 1.82) is 0 Å². The van der Waals surface area contributed by atoms with Gasteiger partial charge in [-0.25, -0.2) is 0 Å². The molecular weight excluding hydrogens is 204 g/mol. The molecule has 0 aromatic heterocycles. The highest BCUT2D eigenvalue weighted by Gasteiger charge is 2.22. The Labute approximate surface area is 83.2 Å². The maximum Gasteiger partial charge on any atom is 0.394 e. The Hall–Kier alpha value is -0.910. The van der Waals surface area contributed by atoms with Crippen LogP contribution in [0.3, 0.4) is 0 Å². The minimum atomic E-state index is -4.67. The van der Waals surface area contributed by atoms with E-state index in [-0.39, 0.29) is 0 Å². The summed E-state index contributed by atoms with van der Waals surface area (Å²) in [5.74, 6) is 0.909. The van der Waals surface area contributed by atoms with Crippen LogP contribution in [0.1, 0.15) is 24.3 Å². The van der Waals surface area contributed by atoms with E-state index in [4.69, 9.17) is 17.5 Å². The van der Waals surface area contributed by atoms with E-state index in [2.05, 4.69) is 30.3 Å². The van der Waals surface area contributed by atoms with E-state index in [0.29, 0.717) is 0 Å². The third-order valence-electron chi connectivity index (χ3n) is 1.85. The Bertz CT molecular complexity index is 359. The van der Waals surface area contributed by atoms with Gasteiger partial charge in [0.05, 0.1) is 0 Å². The van der Waals surface area contributed by atoms with Crippen molar-refractivity contribution in [3.8, 4) is 0 Å². The molecule has 0 atom stereocenters. The fourth-order valence-electron chi connectivity index (χ4n) is 1.14. The molecule has 0 unspecified atom stereocenters. The SMILES string of the molecule is O=S(=O)(O)O.c1ccc(C2CC2)cc1. The smallest absolute Gasteiger partial charge is 0.264 e. The molecule has 1 saturated carbocycles. The summed E-state index contributed by atoms with van der Waals surface area (Å²) >= 11 is 0. The molecule has 0 heterocycles. The molecule has 1 aromatic carbocycles. The van der Waals surface area contributed by atoms with Crippen LogP contribution in [0, 0.1) is 0 Å². The lowest BCUT2D eigenvalue weighted by Crippen LogP contribution is -1.89. The second-order valence-electron chi connectivity index (χ2n) is 3.13. The normalized spacial score (nSPS) is 15.6. The highest BCUT2D eigenvalue weighted by Crippen LogP contribution is 2.39. The van der Waals surface area contributed by atoms with Crippen LogP contribution in [0.4, 0.5) is 0 Å². The number of benzene rings is 1. The molecular formula is C9H12O4S. The summed E-state index contributed by atoms with van der Waals surface area (Å²) in [7, 11) is -4.67. The molecule has 1 aromatic rings. The molecule has 14 heavy (non-hydrogen) atoms. The van der Waals surface area contributed by atoms with Gasteiger partial charge < -0.3 is 0 Å². The summed E-state index contributed by atoms with van der Waals surface area (Å²) in [6.45, 7) is 0. The molecule has 0 aliphatic heterocycles. The zero-order chi connectivity index (χ0) is 10.6. The van der Waals surface area contributed by atoms with Crippen molar-refractivity contribution in [3.05, 3.63) is 35.9 Å². The van der Waals surface area contributed by atoms with E-state index >= 15 is 0 Å². The average molecular weight is 216 g/mol. The maximum absolute atomic E-state index is 8.74. The third-order valence-corrected chi connectivity index (χ3v) is 1.85. The van der Waals surface area contributed by atoms with Gasteiger partial charge in [0.15, 0.2) is 0 Å². The van der Waals surface area contributed by atoms with Crippen molar-refractivity contribution in [2.45, 2.75) is 18.8 Å². The molecule has 4 nitrogen and oxygen atoms in total. The van der Waals surface area contributed by atoms with Crippen LogP contribution >= 0.6 is 0 Å². The molecule has 0 bridgehead atoms. The molecule has 0 amide bonds. The molecule has 2 N–H and O–H groups in total. The van der Waals surface area contributed by atoms with Crippen molar-refractivity contribution in [1.82, 2.24) is 0 Å². The Morgan fingerprint density at radius 3 is 1.86 bits per heavy atom. The van der Waals surface area contributed by atoms with Crippen molar-refractivity contribution in [2.75, 3.05) is 0 Å². The quantitative estimate of drug-likeness (QED) is 0.703. The summed E-state index contributed by atoms with van der Waals surface area (Å²) < 4.78 is 31.6. The number of hydrogen-bond donors (Lipinski definition) is 2. The minimum absolute atomic E-state index is 0.909. The monoisotopic (exact) mass is 216 g/mol. The first-order chi connectivity index (χ1) is 6.47. The van der Waals surface area contributed by atoms with Gasteiger partial charge in [-0.05, 0) is 24.3 Å². The van der Waals surface area contributed by atoms with Crippen molar-refractivity contribution in [3.63, 3.8) is 0 Å². The third kappa shape index (κ3) is 5.69. The highest BCUT2D eigenvalue weighted by atomic mass is 32.3. The molecule has 0 saturated heterocycles. The topological polar surface area (TPSA) is 74.6 Å². The fourth-order valence-corrected chi connectivity index (χ4v) is 1.14. The van der Waals surface area contributed by atoms with Crippen LogP contribution < -0.4 is 0 Å². The van der Waals surface area contributed by atoms with Crippen LogP contribution in [0.15, 0.2) is 30.3 Å². The van der Waals surface area contributed by atoms with Gasteiger partial charge in [-0.15, -0.1) is 0 Å². The van der Waals surface area contributed by atoms with Crippen LogP contribution in [-0.4, -0.2) is 17.5 Å². The lowest BCUT2D eigenvalue weighted by molar-refractivity contribution is 0.381. The maximum atomic E-state index is 8.74. The Kier molecular flexibility index (Phi) is 3.62. The predicted molar refractivity (Wildman–Crippen MR) is 52.6 cm³/mol. The Morgan fingerprint density at radius 1 is 1.07 bits per heavy atom. The second kappa shape index (κ2) is 4.54. The van der Waals surface area contributed by atoms with Crippen LogP contribution in [0.25, 0.3) is 0 Å². The lowest BCUT2D eigenvalue weighted by Gasteiger charge is -1.92. The van der Waals surface area contributed by atoms with Gasteiger partial charge in [-0.1, -0.05) is 30.3 Å². The molecule has 2 rings (SSSR count). The van der Waals surface area contributed by atoms with E-state index in [0.717, 1.165) is 5.92 Å². The van der Waals surface area contributed by atoms with Gasteiger partial charge in [0, 0.05) is 0 Å². The van der Waals surface area contributed by atoms with Crippen molar-refractivity contribution < 1.29 is 17.5 Å². The van der Waals surface area contributed by atoms with Gasteiger partial charge in [0.25, 0.3) is 0 Å². The van der Waals surface area contributed by atoms with E-state index < -0.39 is 10.4 Å². The van der Waals surface area contributed by atoms with Gasteiger partial charge >= 0.3 is 10.4 Å². The average Bonchev–Trinajstić information content (AvgIpc) is 2.85. The Morgan fingerprint density at radius 2 is 1.50 bits per heavy atom. The van der Waals surface area contributed by atoms with Gasteiger partial charge in [-0.3, -0.25) is 9.11 Å². The molecule has 1 fully saturated rings. The van der Waals surface area contributed by atoms with Crippen LogP contribution in [-0.2, 0) is 10.4 Å².